The predicted molar refractivity (Wildman–Crippen MR) is 41.2 cm³/mol. The number of hydrogen-bond donors (Lipinski definition) is 1. The lowest BCUT2D eigenvalue weighted by Crippen LogP contribution is -1.87. The SMILES string of the molecule is O=Cc1cc(Br)cc(O)c1F. The molecule has 0 unspecified atom stereocenters. The van der Waals surface area contributed by atoms with Crippen LogP contribution in [-0.4, -0.2) is 11.4 Å². The maximum Gasteiger partial charge on any atom is 0.175 e. The zero-order chi connectivity index (χ0) is 8.43. The Morgan fingerprint density at radius 2 is 2.18 bits per heavy atom. The first-order valence-electron chi connectivity index (χ1n) is 2.78. The van der Waals surface area contributed by atoms with Crippen molar-refractivity contribution in [3.05, 3.63) is 28.0 Å². The van der Waals surface area contributed by atoms with E-state index in [2.05, 4.69) is 15.9 Å². The van der Waals surface area contributed by atoms with E-state index >= 15 is 0 Å². The fourth-order valence-corrected chi connectivity index (χ4v) is 1.14. The lowest BCUT2D eigenvalue weighted by molar-refractivity contribution is 0.111. The van der Waals surface area contributed by atoms with E-state index in [1.165, 1.54) is 12.1 Å². The standard InChI is InChI=1S/C7H4BrFO2/c8-5-1-4(3-10)7(9)6(11)2-5/h1-3,11H. The molecule has 0 saturated heterocycles. The summed E-state index contributed by atoms with van der Waals surface area (Å²) >= 11 is 3.00. The average molecular weight is 219 g/mol. The molecular weight excluding hydrogens is 215 g/mol. The second-order valence-electron chi connectivity index (χ2n) is 1.95. The van der Waals surface area contributed by atoms with Crippen LogP contribution < -0.4 is 0 Å². The van der Waals surface area contributed by atoms with Crippen LogP contribution in [0.1, 0.15) is 10.4 Å². The molecule has 0 aromatic heterocycles. The molecule has 0 aliphatic carbocycles. The number of carbonyl (C=O) groups is 1. The van der Waals surface area contributed by atoms with Crippen LogP contribution in [0.4, 0.5) is 4.39 Å². The molecule has 1 N–H and O–H groups in total. The summed E-state index contributed by atoms with van der Waals surface area (Å²) in [7, 11) is 0. The number of carbonyl (C=O) groups excluding carboxylic acids is 1. The number of hydrogen-bond acceptors (Lipinski definition) is 2. The molecule has 0 aliphatic heterocycles. The van der Waals surface area contributed by atoms with Crippen LogP contribution in [0.2, 0.25) is 0 Å². The van der Waals surface area contributed by atoms with Crippen molar-refractivity contribution in [2.45, 2.75) is 0 Å². The van der Waals surface area contributed by atoms with E-state index < -0.39 is 11.6 Å². The minimum atomic E-state index is -0.886. The van der Waals surface area contributed by atoms with Gasteiger partial charge in [-0.2, -0.15) is 0 Å². The fraction of sp³-hybridized carbons (Fsp3) is 0. The van der Waals surface area contributed by atoms with Crippen LogP contribution in [0.15, 0.2) is 16.6 Å². The summed E-state index contributed by atoms with van der Waals surface area (Å²) in [6.45, 7) is 0. The highest BCUT2D eigenvalue weighted by atomic mass is 79.9. The maximum atomic E-state index is 12.7. The molecule has 4 heteroatoms. The van der Waals surface area contributed by atoms with Crippen LogP contribution in [0.25, 0.3) is 0 Å². The normalized spacial score (nSPS) is 9.64. The third-order valence-electron chi connectivity index (χ3n) is 1.17. The van der Waals surface area contributed by atoms with Crippen LogP contribution in [0.3, 0.4) is 0 Å². The highest BCUT2D eigenvalue weighted by molar-refractivity contribution is 9.10. The van der Waals surface area contributed by atoms with E-state index in [0.717, 1.165) is 0 Å². The Balaban J connectivity index is 3.35. The molecule has 0 atom stereocenters. The first-order valence-corrected chi connectivity index (χ1v) is 3.57. The van der Waals surface area contributed by atoms with Crippen LogP contribution in [0.5, 0.6) is 5.75 Å². The molecule has 1 aromatic rings. The summed E-state index contributed by atoms with van der Waals surface area (Å²) in [5.41, 5.74) is -0.156. The predicted octanol–water partition coefficient (Wildman–Crippen LogP) is 2.11. The Bertz CT molecular complexity index is 299. The van der Waals surface area contributed by atoms with Gasteiger partial charge < -0.3 is 5.11 Å². The van der Waals surface area contributed by atoms with Gasteiger partial charge in [-0.1, -0.05) is 15.9 Å². The molecule has 0 radical (unpaired) electrons. The molecule has 2 nitrogen and oxygen atoms in total. The van der Waals surface area contributed by atoms with Gasteiger partial charge in [0.05, 0.1) is 5.56 Å². The van der Waals surface area contributed by atoms with Crippen molar-refractivity contribution in [2.75, 3.05) is 0 Å². The van der Waals surface area contributed by atoms with Crippen LogP contribution >= 0.6 is 15.9 Å². The van der Waals surface area contributed by atoms with E-state index in [1.807, 2.05) is 0 Å². The van der Waals surface area contributed by atoms with Crippen LogP contribution in [0, 0.1) is 5.82 Å². The Kier molecular flexibility index (Phi) is 2.24. The van der Waals surface area contributed by atoms with Crippen molar-refractivity contribution >= 4 is 22.2 Å². The first-order chi connectivity index (χ1) is 5.15. The average Bonchev–Trinajstić information content (AvgIpc) is 1.96. The Morgan fingerprint density at radius 3 is 2.73 bits per heavy atom. The number of benzene rings is 1. The van der Waals surface area contributed by atoms with E-state index in [1.54, 1.807) is 0 Å². The van der Waals surface area contributed by atoms with Gasteiger partial charge in [0.15, 0.2) is 17.9 Å². The van der Waals surface area contributed by atoms with Crippen molar-refractivity contribution in [3.8, 4) is 5.75 Å². The van der Waals surface area contributed by atoms with Crippen molar-refractivity contribution in [3.63, 3.8) is 0 Å². The summed E-state index contributed by atoms with van der Waals surface area (Å²) in [4.78, 5) is 10.2. The van der Waals surface area contributed by atoms with E-state index in [-0.39, 0.29) is 5.56 Å². The molecule has 1 rings (SSSR count). The minimum Gasteiger partial charge on any atom is -0.505 e. The van der Waals surface area contributed by atoms with Crippen molar-refractivity contribution < 1.29 is 14.3 Å². The number of halogens is 2. The van der Waals surface area contributed by atoms with Gasteiger partial charge in [0.25, 0.3) is 0 Å². The summed E-state index contributed by atoms with van der Waals surface area (Å²) < 4.78 is 13.2. The Labute approximate surface area is 70.8 Å². The maximum absolute atomic E-state index is 12.7. The minimum absolute atomic E-state index is 0.156. The number of phenolic OH excluding ortho intramolecular Hbond substituents is 1. The van der Waals surface area contributed by atoms with Crippen molar-refractivity contribution in [2.24, 2.45) is 0 Å². The lowest BCUT2D eigenvalue weighted by atomic mass is 10.2. The van der Waals surface area contributed by atoms with E-state index in [0.29, 0.717) is 10.8 Å². The smallest absolute Gasteiger partial charge is 0.175 e. The third kappa shape index (κ3) is 1.57. The quantitative estimate of drug-likeness (QED) is 0.734. The summed E-state index contributed by atoms with van der Waals surface area (Å²) in [6.07, 6.45) is 0.347. The monoisotopic (exact) mass is 218 g/mol. The van der Waals surface area contributed by atoms with Crippen LogP contribution in [-0.2, 0) is 0 Å². The van der Waals surface area contributed by atoms with Gasteiger partial charge >= 0.3 is 0 Å². The van der Waals surface area contributed by atoms with E-state index in [9.17, 15) is 9.18 Å². The molecule has 0 bridgehead atoms. The van der Waals surface area contributed by atoms with Gasteiger partial charge in [-0.15, -0.1) is 0 Å². The molecular formula is C7H4BrFO2. The van der Waals surface area contributed by atoms with Gasteiger partial charge in [-0.3, -0.25) is 4.79 Å². The first kappa shape index (κ1) is 8.20. The third-order valence-corrected chi connectivity index (χ3v) is 1.63. The Hall–Kier alpha value is -0.900. The molecule has 0 saturated carbocycles. The number of aldehydes is 1. The lowest BCUT2D eigenvalue weighted by Gasteiger charge is -1.98. The molecule has 0 spiro atoms. The number of phenols is 1. The van der Waals surface area contributed by atoms with E-state index in [4.69, 9.17) is 5.11 Å². The zero-order valence-corrected chi connectivity index (χ0v) is 6.93. The molecule has 0 heterocycles. The van der Waals surface area contributed by atoms with Gasteiger partial charge in [-0.25, -0.2) is 4.39 Å². The molecule has 1 aromatic carbocycles. The molecule has 0 aliphatic rings. The fourth-order valence-electron chi connectivity index (χ4n) is 0.681. The van der Waals surface area contributed by atoms with Crippen molar-refractivity contribution in [1.29, 1.82) is 0 Å². The number of aromatic hydroxyl groups is 1. The Morgan fingerprint density at radius 1 is 1.55 bits per heavy atom. The highest BCUT2D eigenvalue weighted by Gasteiger charge is 2.07. The summed E-state index contributed by atoms with van der Waals surface area (Å²) in [5, 5.41) is 8.85. The largest absolute Gasteiger partial charge is 0.505 e. The van der Waals surface area contributed by atoms with Crippen molar-refractivity contribution in [1.82, 2.24) is 0 Å². The summed E-state index contributed by atoms with van der Waals surface area (Å²) in [6, 6.07) is 2.48. The molecule has 0 fully saturated rings. The van der Waals surface area contributed by atoms with Gasteiger partial charge in [0, 0.05) is 4.47 Å². The topological polar surface area (TPSA) is 37.3 Å². The zero-order valence-electron chi connectivity index (χ0n) is 5.34. The molecule has 58 valence electrons. The summed E-state index contributed by atoms with van der Waals surface area (Å²) in [5.74, 6) is -1.41. The van der Waals surface area contributed by atoms with Gasteiger partial charge in [-0.05, 0) is 12.1 Å². The van der Waals surface area contributed by atoms with Gasteiger partial charge in [0.1, 0.15) is 0 Å². The van der Waals surface area contributed by atoms with Gasteiger partial charge in [0.2, 0.25) is 0 Å². The second-order valence-corrected chi connectivity index (χ2v) is 2.86. The molecule has 0 amide bonds. The number of rotatable bonds is 1. The highest BCUT2D eigenvalue weighted by Crippen LogP contribution is 2.23. The molecule has 11 heavy (non-hydrogen) atoms. The second kappa shape index (κ2) is 3.00.